The Kier molecular flexibility index (Phi) is 7.32. The first-order chi connectivity index (χ1) is 20.9. The first-order valence-corrected chi connectivity index (χ1v) is 15.1. The number of carbonyl (C=O) groups excluding carboxylic acids is 2. The van der Waals surface area contributed by atoms with Gasteiger partial charge < -0.3 is 9.64 Å². The minimum absolute atomic E-state index is 0.0878. The number of rotatable bonds is 4. The molecule has 0 spiro atoms. The van der Waals surface area contributed by atoms with Crippen molar-refractivity contribution in [2.24, 2.45) is 5.41 Å². The molecule has 1 saturated heterocycles. The molecule has 6 rings (SSSR count). The average Bonchev–Trinajstić information content (AvgIpc) is 3.28. The van der Waals surface area contributed by atoms with Crippen LogP contribution in [-0.4, -0.2) is 25.4 Å². The summed E-state index contributed by atoms with van der Waals surface area (Å²) in [5, 5.41) is 2.91. The molecule has 1 fully saturated rings. The second-order valence-corrected chi connectivity index (χ2v) is 13.3. The van der Waals surface area contributed by atoms with E-state index in [4.69, 9.17) is 4.74 Å². The predicted molar refractivity (Wildman–Crippen MR) is 178 cm³/mol. The maximum atomic E-state index is 14.1. The highest BCUT2D eigenvalue weighted by molar-refractivity contribution is 6.36. The van der Waals surface area contributed by atoms with Gasteiger partial charge in [0.15, 0.2) is 0 Å². The first-order valence-electron chi connectivity index (χ1n) is 15.1. The minimum atomic E-state index is -0.382. The molecule has 0 aliphatic carbocycles. The van der Waals surface area contributed by atoms with Crippen LogP contribution in [0.25, 0.3) is 6.08 Å². The highest BCUT2D eigenvalue weighted by Crippen LogP contribution is 2.41. The van der Waals surface area contributed by atoms with Crippen LogP contribution in [0.4, 0.5) is 17.1 Å². The molecule has 3 aromatic rings. The Hall–Kier alpha value is -4.84. The van der Waals surface area contributed by atoms with Gasteiger partial charge in [-0.25, -0.2) is 10.0 Å². The zero-order valence-corrected chi connectivity index (χ0v) is 26.3. The smallest absolute Gasteiger partial charge is 0.283 e. The molecule has 0 unspecified atom stereocenters. The molecule has 0 aromatic heterocycles. The molecule has 6 nitrogen and oxygen atoms in total. The van der Waals surface area contributed by atoms with Crippen molar-refractivity contribution >= 4 is 35.0 Å². The van der Waals surface area contributed by atoms with Crippen LogP contribution in [0.1, 0.15) is 52.2 Å². The molecule has 6 heteroatoms. The summed E-state index contributed by atoms with van der Waals surface area (Å²) >= 11 is 0. The standard InChI is InChI=1S/C38H39N3O3/c1-37(2,3)33-25-27(24-30(44-33)19-17-26-18-20-32-31(23-26)38(4,5)21-22-39(32)6)34-35(42)40(28-13-9-7-10-14-28)41(36(34)43)29-15-11-8-12-16-29/h7-20,23-25H,21-22H2,1-6H3. The molecule has 0 atom stereocenters. The largest absolute Gasteiger partial charge is 0.461 e. The Labute approximate surface area is 260 Å². The topological polar surface area (TPSA) is 53.1 Å². The third-order valence-corrected chi connectivity index (χ3v) is 8.53. The van der Waals surface area contributed by atoms with Gasteiger partial charge >= 0.3 is 0 Å². The average molecular weight is 586 g/mol. The summed E-state index contributed by atoms with van der Waals surface area (Å²) in [7, 11) is 2.14. The van der Waals surface area contributed by atoms with Crippen molar-refractivity contribution in [3.05, 3.63) is 131 Å². The number of amides is 2. The SMILES string of the molecule is CN1CCC(C)(C)c2cc(C=CC3=CC(=C4C(=O)N(c5ccccc5)N(c5ccccc5)C4=O)C=C(C(C)(C)C)O3)ccc21. The third-order valence-electron chi connectivity index (χ3n) is 8.53. The van der Waals surface area contributed by atoms with E-state index >= 15 is 0 Å². The van der Waals surface area contributed by atoms with Crippen LogP contribution in [0.5, 0.6) is 0 Å². The molecule has 0 bridgehead atoms. The van der Waals surface area contributed by atoms with Crippen LogP contribution >= 0.6 is 0 Å². The van der Waals surface area contributed by atoms with E-state index < -0.39 is 0 Å². The second-order valence-electron chi connectivity index (χ2n) is 13.3. The number of fused-ring (bicyclic) bond motifs is 1. The van der Waals surface area contributed by atoms with Gasteiger partial charge in [-0.1, -0.05) is 83.2 Å². The zero-order chi connectivity index (χ0) is 31.2. The van der Waals surface area contributed by atoms with E-state index in [-0.39, 0.29) is 28.2 Å². The number of ether oxygens (including phenoxy) is 1. The number of allylic oxidation sites excluding steroid dienone is 5. The Morgan fingerprint density at radius 3 is 1.95 bits per heavy atom. The minimum Gasteiger partial charge on any atom is -0.461 e. The molecular weight excluding hydrogens is 546 g/mol. The van der Waals surface area contributed by atoms with Crippen molar-refractivity contribution in [1.82, 2.24) is 0 Å². The van der Waals surface area contributed by atoms with E-state index in [0.29, 0.717) is 28.5 Å². The molecule has 0 saturated carbocycles. The van der Waals surface area contributed by atoms with E-state index in [9.17, 15) is 9.59 Å². The summed E-state index contributed by atoms with van der Waals surface area (Å²) in [6, 6.07) is 25.1. The van der Waals surface area contributed by atoms with Gasteiger partial charge in [-0.3, -0.25) is 9.59 Å². The highest BCUT2D eigenvalue weighted by Gasteiger charge is 2.45. The number of hydrogen-bond donors (Lipinski definition) is 0. The molecule has 3 heterocycles. The summed E-state index contributed by atoms with van der Waals surface area (Å²) in [5.41, 5.74) is 5.25. The molecule has 0 N–H and O–H groups in total. The zero-order valence-electron chi connectivity index (χ0n) is 26.3. The Morgan fingerprint density at radius 1 is 0.795 bits per heavy atom. The summed E-state index contributed by atoms with van der Waals surface area (Å²) in [4.78, 5) is 30.6. The van der Waals surface area contributed by atoms with Crippen molar-refractivity contribution < 1.29 is 14.3 Å². The molecule has 224 valence electrons. The van der Waals surface area contributed by atoms with Crippen LogP contribution < -0.4 is 14.9 Å². The number of hydrogen-bond acceptors (Lipinski definition) is 4. The van der Waals surface area contributed by atoms with Crippen LogP contribution in [0.2, 0.25) is 0 Å². The van der Waals surface area contributed by atoms with Crippen molar-refractivity contribution in [2.75, 3.05) is 28.5 Å². The fourth-order valence-corrected chi connectivity index (χ4v) is 5.87. The van der Waals surface area contributed by atoms with Crippen LogP contribution in [0.3, 0.4) is 0 Å². The van der Waals surface area contributed by atoms with Gasteiger partial charge in [0, 0.05) is 24.7 Å². The van der Waals surface area contributed by atoms with E-state index in [0.717, 1.165) is 18.5 Å². The van der Waals surface area contributed by atoms with Gasteiger partial charge in [0.25, 0.3) is 11.8 Å². The first kappa shape index (κ1) is 29.2. The summed E-state index contributed by atoms with van der Waals surface area (Å²) in [6.07, 6.45) is 8.68. The summed E-state index contributed by atoms with van der Waals surface area (Å²) in [6.45, 7) is 11.8. The van der Waals surface area contributed by atoms with Crippen molar-refractivity contribution in [3.8, 4) is 0 Å². The van der Waals surface area contributed by atoms with Gasteiger partial charge in [-0.15, -0.1) is 0 Å². The highest BCUT2D eigenvalue weighted by atomic mass is 16.5. The maximum Gasteiger partial charge on any atom is 0.283 e. The van der Waals surface area contributed by atoms with E-state index in [1.54, 1.807) is 6.08 Å². The lowest BCUT2D eigenvalue weighted by molar-refractivity contribution is -0.116. The van der Waals surface area contributed by atoms with Gasteiger partial charge in [0.1, 0.15) is 17.1 Å². The number of anilines is 3. The number of nitrogens with zero attached hydrogens (tertiary/aromatic N) is 3. The lowest BCUT2D eigenvalue weighted by atomic mass is 9.77. The number of carbonyl (C=O) groups is 2. The van der Waals surface area contributed by atoms with Crippen molar-refractivity contribution in [3.63, 3.8) is 0 Å². The lowest BCUT2D eigenvalue weighted by Gasteiger charge is -2.38. The maximum absolute atomic E-state index is 14.1. The van der Waals surface area contributed by atoms with Crippen molar-refractivity contribution in [1.29, 1.82) is 0 Å². The molecular formula is C38H39N3O3. The monoisotopic (exact) mass is 585 g/mol. The Bertz CT molecular complexity index is 1680. The molecule has 3 aliphatic heterocycles. The van der Waals surface area contributed by atoms with E-state index in [2.05, 4.69) is 64.8 Å². The van der Waals surface area contributed by atoms with Crippen LogP contribution in [-0.2, 0) is 19.7 Å². The molecule has 3 aliphatic rings. The van der Waals surface area contributed by atoms with E-state index in [1.807, 2.05) is 78.9 Å². The second kappa shape index (κ2) is 11.0. The van der Waals surface area contributed by atoms with Crippen LogP contribution in [0, 0.1) is 5.41 Å². The van der Waals surface area contributed by atoms with Gasteiger partial charge in [0.2, 0.25) is 0 Å². The molecule has 0 radical (unpaired) electrons. The number of para-hydroxylation sites is 2. The van der Waals surface area contributed by atoms with Gasteiger partial charge in [0.05, 0.1) is 11.4 Å². The molecule has 3 aromatic carbocycles. The normalized spacial score (nSPS) is 18.5. The summed E-state index contributed by atoms with van der Waals surface area (Å²) < 4.78 is 6.37. The molecule has 2 amide bonds. The van der Waals surface area contributed by atoms with Crippen LogP contribution in [0.15, 0.2) is 120 Å². The number of hydrazine groups is 1. The van der Waals surface area contributed by atoms with E-state index in [1.165, 1.54) is 21.3 Å². The Morgan fingerprint density at radius 2 is 1.39 bits per heavy atom. The van der Waals surface area contributed by atoms with Crippen molar-refractivity contribution in [2.45, 2.75) is 46.5 Å². The fraction of sp³-hybridized carbons (Fsp3) is 0.263. The predicted octanol–water partition coefficient (Wildman–Crippen LogP) is 7.95. The third kappa shape index (κ3) is 5.37. The van der Waals surface area contributed by atoms with Gasteiger partial charge in [-0.05, 0) is 83.2 Å². The van der Waals surface area contributed by atoms with Gasteiger partial charge in [-0.2, -0.15) is 0 Å². The fourth-order valence-electron chi connectivity index (χ4n) is 5.87. The quantitative estimate of drug-likeness (QED) is 0.230. The lowest BCUT2D eigenvalue weighted by Crippen LogP contribution is -2.41. The number of benzene rings is 3. The Balaban J connectivity index is 1.44. The molecule has 44 heavy (non-hydrogen) atoms. The summed E-state index contributed by atoms with van der Waals surface area (Å²) in [5.74, 6) is 0.485.